The van der Waals surface area contributed by atoms with Gasteiger partial charge in [-0.15, -0.1) is 0 Å². The van der Waals surface area contributed by atoms with E-state index in [-0.39, 0.29) is 11.9 Å². The van der Waals surface area contributed by atoms with Crippen molar-refractivity contribution in [3.8, 4) is 0 Å². The molecule has 0 spiro atoms. The van der Waals surface area contributed by atoms with Crippen LogP contribution in [0.4, 0.5) is 4.39 Å². The molecule has 1 atom stereocenters. The average molecular weight is 224 g/mol. The Bertz CT molecular complexity index is 337. The molecule has 0 aliphatic heterocycles. The first-order valence-corrected chi connectivity index (χ1v) is 5.73. The molecule has 0 heterocycles. The van der Waals surface area contributed by atoms with Crippen molar-refractivity contribution >= 4 is 0 Å². The second-order valence-corrected chi connectivity index (χ2v) is 4.56. The van der Waals surface area contributed by atoms with Crippen molar-refractivity contribution in [1.29, 1.82) is 0 Å². The fourth-order valence-corrected chi connectivity index (χ4v) is 1.67. The van der Waals surface area contributed by atoms with Gasteiger partial charge in [0.1, 0.15) is 5.82 Å². The number of aryl methyl sites for hydroxylation is 1. The number of rotatable bonds is 5. The zero-order valence-corrected chi connectivity index (χ0v) is 10.3. The molecule has 1 aromatic carbocycles. The molecule has 3 N–H and O–H groups in total. The summed E-state index contributed by atoms with van der Waals surface area (Å²) in [6.07, 6.45) is 0. The molecule has 1 rings (SSSR count). The molecule has 1 aromatic rings. The van der Waals surface area contributed by atoms with Crippen molar-refractivity contribution < 1.29 is 4.39 Å². The van der Waals surface area contributed by atoms with Crippen molar-refractivity contribution in [1.82, 2.24) is 5.32 Å². The smallest absolute Gasteiger partial charge is 0.127 e. The van der Waals surface area contributed by atoms with Crippen molar-refractivity contribution in [3.05, 3.63) is 35.1 Å². The first-order valence-electron chi connectivity index (χ1n) is 5.73. The number of hydrogen-bond donors (Lipinski definition) is 2. The zero-order chi connectivity index (χ0) is 12.1. The van der Waals surface area contributed by atoms with E-state index in [1.807, 2.05) is 13.0 Å². The Labute approximate surface area is 97.0 Å². The third-order valence-electron chi connectivity index (χ3n) is 2.81. The molecular formula is C13H21FN2. The van der Waals surface area contributed by atoms with Gasteiger partial charge in [-0.25, -0.2) is 4.39 Å². The monoisotopic (exact) mass is 224 g/mol. The summed E-state index contributed by atoms with van der Waals surface area (Å²) in [5.74, 6) is 0.301. The molecule has 0 aliphatic carbocycles. The maximum Gasteiger partial charge on any atom is 0.127 e. The molecule has 0 fully saturated rings. The Hall–Kier alpha value is -0.930. The molecule has 0 saturated carbocycles. The van der Waals surface area contributed by atoms with Gasteiger partial charge >= 0.3 is 0 Å². The molecule has 1 unspecified atom stereocenters. The highest BCUT2D eigenvalue weighted by atomic mass is 19.1. The van der Waals surface area contributed by atoms with Gasteiger partial charge in [0.2, 0.25) is 0 Å². The Morgan fingerprint density at radius 3 is 2.62 bits per heavy atom. The van der Waals surface area contributed by atoms with Crippen LogP contribution in [-0.4, -0.2) is 12.6 Å². The van der Waals surface area contributed by atoms with E-state index in [9.17, 15) is 4.39 Å². The van der Waals surface area contributed by atoms with E-state index in [1.165, 1.54) is 6.07 Å². The van der Waals surface area contributed by atoms with Gasteiger partial charge in [-0.1, -0.05) is 31.5 Å². The van der Waals surface area contributed by atoms with Crippen LogP contribution in [0.25, 0.3) is 0 Å². The molecule has 0 amide bonds. The van der Waals surface area contributed by atoms with E-state index in [1.54, 1.807) is 6.07 Å². The van der Waals surface area contributed by atoms with E-state index >= 15 is 0 Å². The normalized spacial score (nSPS) is 13.1. The van der Waals surface area contributed by atoms with Crippen LogP contribution in [0, 0.1) is 18.7 Å². The maximum atomic E-state index is 13.5. The molecule has 0 radical (unpaired) electrons. The first kappa shape index (κ1) is 13.1. The van der Waals surface area contributed by atoms with Gasteiger partial charge in [0, 0.05) is 24.7 Å². The Morgan fingerprint density at radius 2 is 2.06 bits per heavy atom. The lowest BCUT2D eigenvalue weighted by molar-refractivity contribution is 0.401. The van der Waals surface area contributed by atoms with Gasteiger partial charge in [0.15, 0.2) is 0 Å². The van der Waals surface area contributed by atoms with Crippen molar-refractivity contribution in [3.63, 3.8) is 0 Å². The van der Waals surface area contributed by atoms with Crippen LogP contribution in [0.15, 0.2) is 18.2 Å². The van der Waals surface area contributed by atoms with Gasteiger partial charge < -0.3 is 11.1 Å². The topological polar surface area (TPSA) is 38.0 Å². The van der Waals surface area contributed by atoms with Crippen molar-refractivity contribution in [2.45, 2.75) is 33.4 Å². The van der Waals surface area contributed by atoms with Crippen LogP contribution in [0.1, 0.15) is 25.0 Å². The minimum absolute atomic E-state index is 0.155. The number of halogens is 1. The molecule has 90 valence electrons. The van der Waals surface area contributed by atoms with Crippen LogP contribution in [0.5, 0.6) is 0 Å². The molecule has 2 nitrogen and oxygen atoms in total. The highest BCUT2D eigenvalue weighted by Gasteiger charge is 2.11. The first-order chi connectivity index (χ1) is 7.54. The number of nitrogens with two attached hydrogens (primary N) is 1. The number of nitrogens with one attached hydrogen (secondary N) is 1. The Morgan fingerprint density at radius 1 is 1.38 bits per heavy atom. The molecule has 0 aromatic heterocycles. The number of benzene rings is 1. The second-order valence-electron chi connectivity index (χ2n) is 4.56. The molecular weight excluding hydrogens is 203 g/mol. The van der Waals surface area contributed by atoms with Crippen LogP contribution >= 0.6 is 0 Å². The highest BCUT2D eigenvalue weighted by molar-refractivity contribution is 5.23. The lowest BCUT2D eigenvalue weighted by Gasteiger charge is -2.20. The van der Waals surface area contributed by atoms with Crippen molar-refractivity contribution in [2.75, 3.05) is 6.54 Å². The van der Waals surface area contributed by atoms with Crippen molar-refractivity contribution in [2.24, 2.45) is 11.7 Å². The summed E-state index contributed by atoms with van der Waals surface area (Å²) < 4.78 is 13.5. The summed E-state index contributed by atoms with van der Waals surface area (Å²) in [5, 5.41) is 3.29. The van der Waals surface area contributed by atoms with Gasteiger partial charge in [-0.2, -0.15) is 0 Å². The van der Waals surface area contributed by atoms with Crippen LogP contribution in [-0.2, 0) is 6.54 Å². The van der Waals surface area contributed by atoms with E-state index in [0.29, 0.717) is 24.6 Å². The third kappa shape index (κ3) is 3.58. The fourth-order valence-electron chi connectivity index (χ4n) is 1.67. The van der Waals surface area contributed by atoms with Gasteiger partial charge in [-0.3, -0.25) is 0 Å². The summed E-state index contributed by atoms with van der Waals surface area (Å²) >= 11 is 0. The fraction of sp³-hybridized carbons (Fsp3) is 0.538. The van der Waals surface area contributed by atoms with E-state index < -0.39 is 0 Å². The minimum atomic E-state index is -0.155. The van der Waals surface area contributed by atoms with Gasteiger partial charge in [-0.05, 0) is 18.9 Å². The molecule has 3 heteroatoms. The van der Waals surface area contributed by atoms with E-state index in [2.05, 4.69) is 19.2 Å². The van der Waals surface area contributed by atoms with E-state index in [4.69, 9.17) is 5.73 Å². The van der Waals surface area contributed by atoms with Gasteiger partial charge in [0.05, 0.1) is 0 Å². The quantitative estimate of drug-likeness (QED) is 0.804. The third-order valence-corrected chi connectivity index (χ3v) is 2.81. The standard InChI is InChI=1S/C13H21FN2/c1-9(2)13(7-15)16-8-11-6-10(3)4-5-12(11)14/h4-6,9,13,16H,7-8,15H2,1-3H3. The highest BCUT2D eigenvalue weighted by Crippen LogP contribution is 2.10. The molecule has 0 bridgehead atoms. The average Bonchev–Trinajstić information content (AvgIpc) is 2.23. The number of hydrogen-bond acceptors (Lipinski definition) is 2. The largest absolute Gasteiger partial charge is 0.329 e. The minimum Gasteiger partial charge on any atom is -0.329 e. The SMILES string of the molecule is Cc1ccc(F)c(CNC(CN)C(C)C)c1. The lowest BCUT2D eigenvalue weighted by atomic mass is 10.0. The van der Waals surface area contributed by atoms with E-state index in [0.717, 1.165) is 5.56 Å². The predicted molar refractivity (Wildman–Crippen MR) is 65.7 cm³/mol. The van der Waals surface area contributed by atoms with Gasteiger partial charge in [0.25, 0.3) is 0 Å². The predicted octanol–water partition coefficient (Wildman–Crippen LogP) is 2.21. The Kier molecular flexibility index (Phi) is 4.90. The summed E-state index contributed by atoms with van der Waals surface area (Å²) in [7, 11) is 0. The molecule has 0 aliphatic rings. The maximum absolute atomic E-state index is 13.5. The second kappa shape index (κ2) is 5.97. The summed E-state index contributed by atoms with van der Waals surface area (Å²) in [4.78, 5) is 0. The van der Waals surface area contributed by atoms with Crippen LogP contribution < -0.4 is 11.1 Å². The van der Waals surface area contributed by atoms with Crippen LogP contribution in [0.2, 0.25) is 0 Å². The molecule has 16 heavy (non-hydrogen) atoms. The lowest BCUT2D eigenvalue weighted by Crippen LogP contribution is -2.39. The van der Waals surface area contributed by atoms with Crippen LogP contribution in [0.3, 0.4) is 0 Å². The summed E-state index contributed by atoms with van der Waals surface area (Å²) in [5.41, 5.74) is 7.43. The Balaban J connectivity index is 2.63. The summed E-state index contributed by atoms with van der Waals surface area (Å²) in [6, 6.07) is 5.40. The summed E-state index contributed by atoms with van der Waals surface area (Å²) in [6.45, 7) is 7.29. The zero-order valence-electron chi connectivity index (χ0n) is 10.3. The molecule has 0 saturated heterocycles.